The molecular weight excluding hydrogens is 568 g/mol. The van der Waals surface area contributed by atoms with Gasteiger partial charge >= 0.3 is 0 Å². The number of piperidine rings is 1. The van der Waals surface area contributed by atoms with Crippen LogP contribution in [0.5, 0.6) is 11.5 Å². The summed E-state index contributed by atoms with van der Waals surface area (Å²) in [6.45, 7) is 1.06. The van der Waals surface area contributed by atoms with Gasteiger partial charge in [0.2, 0.25) is 20.0 Å². The molecule has 2 aliphatic carbocycles. The summed E-state index contributed by atoms with van der Waals surface area (Å²) in [6.07, 6.45) is 3.47. The van der Waals surface area contributed by atoms with Crippen LogP contribution in [-0.2, 0) is 36.7 Å². The lowest BCUT2D eigenvalue weighted by atomic mass is 9.52. The van der Waals surface area contributed by atoms with E-state index in [9.17, 15) is 21.6 Å². The Balaban J connectivity index is 0.000000148. The molecule has 1 spiro atoms. The summed E-state index contributed by atoms with van der Waals surface area (Å²) in [5.41, 5.74) is 2.81. The molecule has 14 heteroatoms. The summed E-state index contributed by atoms with van der Waals surface area (Å²) < 4.78 is 59.7. The van der Waals surface area contributed by atoms with Crippen LogP contribution < -0.4 is 24.7 Å². The molecule has 0 aromatic heterocycles. The molecule has 1 saturated heterocycles. The standard InChI is InChI=1S/C18H21NO3.C7H8ClN3O4S2/c1-19-8-7-18-11-4-5-13(20)17(18)22-16-14(21-2)6-3-10(15(16)18)9-12(11)19;8-4-1-5-7(2-6(4)16(9,12)13)17(14,15)11-3-10-5/h3,6,11-12,17H,4-5,7-9H2,1-2H3;1-2,10-11H,3H2,(H2,9,12,13)/t11-,12+,17-,18-;/m0./s1. The number of Topliss-reactive ketones (excluding diaryl/α,β-unsaturated/α-hetero) is 1. The highest BCUT2D eigenvalue weighted by Crippen LogP contribution is 2.63. The van der Waals surface area contributed by atoms with Crippen LogP contribution in [0, 0.1) is 5.92 Å². The van der Waals surface area contributed by atoms with Crippen molar-refractivity contribution in [1.82, 2.24) is 9.62 Å². The number of fused-ring (bicyclic) bond motifs is 1. The van der Waals surface area contributed by atoms with Gasteiger partial charge in [-0.25, -0.2) is 22.0 Å². The minimum absolute atomic E-state index is 0.0143. The molecule has 4 N–H and O–H groups in total. The number of primary sulfonamides is 1. The predicted molar refractivity (Wildman–Crippen MR) is 143 cm³/mol. The Hall–Kier alpha value is -2.42. The van der Waals surface area contributed by atoms with Crippen molar-refractivity contribution in [1.29, 1.82) is 0 Å². The average Bonchev–Trinajstić information content (AvgIpc) is 3.22. The largest absolute Gasteiger partial charge is 0.493 e. The van der Waals surface area contributed by atoms with E-state index in [-0.39, 0.29) is 39.6 Å². The molecule has 2 fully saturated rings. The van der Waals surface area contributed by atoms with E-state index >= 15 is 0 Å². The van der Waals surface area contributed by atoms with E-state index in [2.05, 4.69) is 28.1 Å². The highest BCUT2D eigenvalue weighted by Gasteiger charge is 2.65. The molecule has 3 heterocycles. The van der Waals surface area contributed by atoms with E-state index in [0.717, 1.165) is 43.4 Å². The Morgan fingerprint density at radius 2 is 2.05 bits per heavy atom. The van der Waals surface area contributed by atoms with Crippen molar-refractivity contribution in [2.24, 2.45) is 11.1 Å². The average molecular weight is 597 g/mol. The molecule has 2 aromatic carbocycles. The van der Waals surface area contributed by atoms with Gasteiger partial charge in [-0.05, 0) is 62.5 Å². The van der Waals surface area contributed by atoms with E-state index in [1.165, 1.54) is 17.2 Å². The van der Waals surface area contributed by atoms with Crippen molar-refractivity contribution >= 4 is 43.1 Å². The summed E-state index contributed by atoms with van der Waals surface area (Å²) in [4.78, 5) is 14.5. The summed E-state index contributed by atoms with van der Waals surface area (Å²) in [5.74, 6) is 2.46. The van der Waals surface area contributed by atoms with Gasteiger partial charge in [-0.2, -0.15) is 4.72 Å². The number of nitrogens with one attached hydrogen (secondary N) is 2. The molecule has 210 valence electrons. The number of ketones is 1. The van der Waals surface area contributed by atoms with Crippen LogP contribution in [-0.4, -0.2) is 67.0 Å². The Morgan fingerprint density at radius 1 is 1.28 bits per heavy atom. The number of carbonyl (C=O) groups is 1. The Kier molecular flexibility index (Phi) is 6.21. The molecule has 1 saturated carbocycles. The van der Waals surface area contributed by atoms with Crippen molar-refractivity contribution in [3.8, 4) is 11.5 Å². The van der Waals surface area contributed by atoms with Crippen molar-refractivity contribution in [3.63, 3.8) is 0 Å². The third kappa shape index (κ3) is 3.97. The molecule has 0 amide bonds. The van der Waals surface area contributed by atoms with Crippen molar-refractivity contribution in [2.75, 3.05) is 32.7 Å². The molecule has 4 atom stereocenters. The molecule has 0 radical (unpaired) electrons. The van der Waals surface area contributed by atoms with Gasteiger partial charge < -0.3 is 19.7 Å². The second-order valence-electron chi connectivity index (χ2n) is 10.6. The molecule has 39 heavy (non-hydrogen) atoms. The molecule has 2 aromatic rings. The van der Waals surface area contributed by atoms with Crippen LogP contribution in [0.2, 0.25) is 5.02 Å². The van der Waals surface area contributed by atoms with Crippen LogP contribution in [0.1, 0.15) is 30.4 Å². The zero-order chi connectivity index (χ0) is 27.9. The van der Waals surface area contributed by atoms with E-state index in [1.54, 1.807) is 7.11 Å². The third-order valence-corrected chi connectivity index (χ3v) is 11.6. The first-order valence-corrected chi connectivity index (χ1v) is 16.0. The Labute approximate surface area is 232 Å². The first kappa shape index (κ1) is 26.8. The number of nitrogens with zero attached hydrogens (tertiary/aromatic N) is 1. The summed E-state index contributed by atoms with van der Waals surface area (Å²) >= 11 is 5.72. The van der Waals surface area contributed by atoms with E-state index in [1.807, 2.05) is 6.07 Å². The number of benzene rings is 2. The highest BCUT2D eigenvalue weighted by atomic mass is 35.5. The maximum atomic E-state index is 12.6. The molecule has 0 unspecified atom stereocenters. The number of halogens is 1. The van der Waals surface area contributed by atoms with Gasteiger partial charge in [0.25, 0.3) is 0 Å². The second-order valence-corrected chi connectivity index (χ2v) is 14.3. The SMILES string of the molecule is COc1ccc2c3c1O[C@H]1C(=O)CC[C@H]4[C@@H](C2)N(C)CC[C@]314.NS(=O)(=O)c1cc2c(cc1Cl)NCNS2(=O)=O. The number of sulfonamides is 2. The molecule has 3 aliphatic heterocycles. The number of ether oxygens (including phenoxy) is 2. The van der Waals surface area contributed by atoms with Crippen molar-refractivity contribution in [3.05, 3.63) is 40.4 Å². The Bertz CT molecular complexity index is 1610. The predicted octanol–water partition coefficient (Wildman–Crippen LogP) is 1.58. The number of carbonyl (C=O) groups excluding carboxylic acids is 1. The van der Waals surface area contributed by atoms with E-state index in [4.69, 9.17) is 26.2 Å². The number of likely N-dealkylation sites (N-methyl/N-ethyl adjacent to an activating group) is 1. The van der Waals surface area contributed by atoms with Crippen molar-refractivity contribution < 1.29 is 31.1 Å². The highest BCUT2D eigenvalue weighted by molar-refractivity contribution is 7.90. The number of likely N-dealkylation sites (tertiary alicyclic amines) is 1. The fraction of sp³-hybridized carbons (Fsp3) is 0.480. The molecule has 11 nitrogen and oxygen atoms in total. The van der Waals surface area contributed by atoms with E-state index < -0.39 is 24.9 Å². The van der Waals surface area contributed by atoms with Crippen LogP contribution in [0.4, 0.5) is 5.69 Å². The zero-order valence-corrected chi connectivity index (χ0v) is 23.7. The minimum Gasteiger partial charge on any atom is -0.493 e. The first-order chi connectivity index (χ1) is 18.4. The normalized spacial score (nSPS) is 29.6. The smallest absolute Gasteiger partial charge is 0.244 e. The second kappa shape index (κ2) is 9.05. The molecule has 2 bridgehead atoms. The monoisotopic (exact) mass is 596 g/mol. The number of nitrogens with two attached hydrogens (primary N) is 1. The maximum absolute atomic E-state index is 12.6. The third-order valence-electron chi connectivity index (χ3n) is 8.76. The maximum Gasteiger partial charge on any atom is 0.244 e. The number of anilines is 1. The minimum atomic E-state index is -4.07. The fourth-order valence-electron chi connectivity index (χ4n) is 7.09. The van der Waals surface area contributed by atoms with Gasteiger partial charge in [0.05, 0.1) is 24.5 Å². The molecule has 5 aliphatic rings. The summed E-state index contributed by atoms with van der Waals surface area (Å²) in [5, 5.41) is 7.53. The van der Waals surface area contributed by atoms with Crippen LogP contribution in [0.3, 0.4) is 0 Å². The van der Waals surface area contributed by atoms with Gasteiger partial charge in [-0.1, -0.05) is 17.7 Å². The number of hydrogen-bond acceptors (Lipinski definition) is 9. The van der Waals surface area contributed by atoms with Gasteiger partial charge in [-0.3, -0.25) is 4.79 Å². The molecular formula is C25H29ClN4O7S2. The van der Waals surface area contributed by atoms with Gasteiger partial charge in [0.1, 0.15) is 9.79 Å². The number of hydrogen-bond donors (Lipinski definition) is 3. The fourth-order valence-corrected chi connectivity index (χ4v) is 9.37. The van der Waals surface area contributed by atoms with E-state index in [0.29, 0.717) is 18.4 Å². The van der Waals surface area contributed by atoms with Gasteiger partial charge in [0, 0.05) is 23.4 Å². The lowest BCUT2D eigenvalue weighted by molar-refractivity contribution is -0.138. The topological polar surface area (TPSA) is 157 Å². The molecule has 7 rings (SSSR count). The van der Waals surface area contributed by atoms with Crippen LogP contribution in [0.25, 0.3) is 0 Å². The summed E-state index contributed by atoms with van der Waals surface area (Å²) in [7, 11) is -3.89. The van der Waals surface area contributed by atoms with Crippen molar-refractivity contribution in [2.45, 2.75) is 53.0 Å². The summed E-state index contributed by atoms with van der Waals surface area (Å²) in [6, 6.07) is 6.88. The van der Waals surface area contributed by atoms with Crippen LogP contribution in [0.15, 0.2) is 34.1 Å². The lowest BCUT2D eigenvalue weighted by Crippen LogP contribution is -2.65. The number of methoxy groups -OCH3 is 1. The lowest BCUT2D eigenvalue weighted by Gasteiger charge is -2.57. The number of rotatable bonds is 2. The van der Waals surface area contributed by atoms with Gasteiger partial charge in [-0.15, -0.1) is 0 Å². The Morgan fingerprint density at radius 3 is 2.77 bits per heavy atom. The zero-order valence-electron chi connectivity index (χ0n) is 21.4. The van der Waals surface area contributed by atoms with Crippen LogP contribution >= 0.6 is 11.6 Å². The first-order valence-electron chi connectivity index (χ1n) is 12.6. The quantitative estimate of drug-likeness (QED) is 0.468. The van der Waals surface area contributed by atoms with Gasteiger partial charge in [0.15, 0.2) is 23.4 Å².